The summed E-state index contributed by atoms with van der Waals surface area (Å²) in [6, 6.07) is -0.710. The molecule has 1 amide bonds. The minimum atomic E-state index is -4.90. The molecule has 1 N–H and O–H groups in total. The van der Waals surface area contributed by atoms with E-state index in [1.807, 2.05) is 0 Å². The highest BCUT2D eigenvalue weighted by Gasteiger charge is 2.57. The van der Waals surface area contributed by atoms with Crippen LogP contribution in [0.15, 0.2) is 18.6 Å². The molecule has 0 atom stereocenters. The molecule has 4 saturated carbocycles. The van der Waals surface area contributed by atoms with Gasteiger partial charge in [0.1, 0.15) is 0 Å². The Hall–Kier alpha value is -2.66. The van der Waals surface area contributed by atoms with Gasteiger partial charge in [0.15, 0.2) is 11.5 Å². The minimum absolute atomic E-state index is 0.0140. The second-order valence-corrected chi connectivity index (χ2v) is 12.3. The molecule has 39 heavy (non-hydrogen) atoms. The summed E-state index contributed by atoms with van der Waals surface area (Å²) in [5.74, 6) is -1.98. The van der Waals surface area contributed by atoms with Crippen LogP contribution in [0.4, 0.5) is 13.2 Å². The van der Waals surface area contributed by atoms with Crippen molar-refractivity contribution in [3.05, 3.63) is 45.5 Å². The van der Waals surface area contributed by atoms with E-state index >= 15 is 0 Å². The summed E-state index contributed by atoms with van der Waals surface area (Å²) >= 11 is 12.3. The number of amides is 1. The van der Waals surface area contributed by atoms with E-state index in [0.29, 0.717) is 5.92 Å². The van der Waals surface area contributed by atoms with E-state index in [9.17, 15) is 32.7 Å². The van der Waals surface area contributed by atoms with Gasteiger partial charge in [-0.3, -0.25) is 24.0 Å². The van der Waals surface area contributed by atoms with Crippen LogP contribution in [0.25, 0.3) is 0 Å². The lowest BCUT2D eigenvalue weighted by molar-refractivity contribution is -0.152. The van der Waals surface area contributed by atoms with Crippen molar-refractivity contribution in [1.82, 2.24) is 19.7 Å². The quantitative estimate of drug-likeness (QED) is 0.384. The fourth-order valence-corrected chi connectivity index (χ4v) is 6.91. The first-order valence-corrected chi connectivity index (χ1v) is 13.5. The lowest BCUT2D eigenvalue weighted by Gasteiger charge is -2.63. The van der Waals surface area contributed by atoms with Crippen molar-refractivity contribution in [2.24, 2.45) is 16.7 Å². The predicted octanol–water partition coefficient (Wildman–Crippen LogP) is 5.93. The third-order valence-electron chi connectivity index (χ3n) is 8.66. The Bertz CT molecular complexity index is 1300. The second-order valence-electron chi connectivity index (χ2n) is 11.5. The molecule has 2 aromatic rings. The summed E-state index contributed by atoms with van der Waals surface area (Å²) in [5.41, 5.74) is -3.09. The van der Waals surface area contributed by atoms with Gasteiger partial charge in [-0.1, -0.05) is 23.2 Å². The topological polar surface area (TPSA) is 105 Å². The highest BCUT2D eigenvalue weighted by molar-refractivity contribution is 6.39. The molecule has 4 aliphatic rings. The number of carboxylic acid groups (broad SMARTS) is 1. The van der Waals surface area contributed by atoms with Gasteiger partial charge in [-0.05, 0) is 63.2 Å². The van der Waals surface area contributed by atoms with Crippen LogP contribution in [0.1, 0.15) is 84.3 Å². The summed E-state index contributed by atoms with van der Waals surface area (Å²) in [6.45, 7) is 1.21. The van der Waals surface area contributed by atoms with Crippen molar-refractivity contribution in [3.63, 3.8) is 0 Å². The Morgan fingerprint density at radius 2 is 1.69 bits per heavy atom. The van der Waals surface area contributed by atoms with Crippen molar-refractivity contribution in [2.75, 3.05) is 13.1 Å². The first-order valence-electron chi connectivity index (χ1n) is 12.7. The monoisotopic (exact) mass is 586 g/mol. The third kappa shape index (κ3) is 5.03. The number of carbonyl (C=O) groups is 3. The zero-order valence-corrected chi connectivity index (χ0v) is 22.6. The largest absolute Gasteiger partial charge is 0.481 e. The van der Waals surface area contributed by atoms with Crippen LogP contribution in [0.5, 0.6) is 0 Å². The van der Waals surface area contributed by atoms with Crippen molar-refractivity contribution >= 4 is 40.9 Å². The summed E-state index contributed by atoms with van der Waals surface area (Å²) in [5, 5.41) is 13.4. The van der Waals surface area contributed by atoms with Gasteiger partial charge in [-0.2, -0.15) is 18.3 Å². The number of rotatable bonds is 8. The lowest BCUT2D eigenvalue weighted by atomic mass is 9.44. The Morgan fingerprint density at radius 3 is 2.18 bits per heavy atom. The van der Waals surface area contributed by atoms with Gasteiger partial charge in [0, 0.05) is 18.9 Å². The van der Waals surface area contributed by atoms with Crippen LogP contribution in [-0.4, -0.2) is 55.5 Å². The Labute approximate surface area is 232 Å². The number of carboxylic acids is 1. The normalized spacial score (nSPS) is 27.8. The smallest absolute Gasteiger partial charge is 0.433 e. The van der Waals surface area contributed by atoms with Gasteiger partial charge in [0.05, 0.1) is 45.4 Å². The molecule has 210 valence electrons. The van der Waals surface area contributed by atoms with Crippen LogP contribution < -0.4 is 0 Å². The first kappa shape index (κ1) is 27.9. The van der Waals surface area contributed by atoms with E-state index in [4.69, 9.17) is 23.2 Å². The van der Waals surface area contributed by atoms with E-state index in [-0.39, 0.29) is 53.3 Å². The maximum atomic E-state index is 14.4. The van der Waals surface area contributed by atoms with Crippen LogP contribution >= 0.6 is 23.2 Å². The van der Waals surface area contributed by atoms with E-state index in [1.54, 1.807) is 6.92 Å². The second kappa shape index (κ2) is 9.76. The third-order valence-corrected chi connectivity index (χ3v) is 9.23. The van der Waals surface area contributed by atoms with E-state index in [2.05, 4.69) is 10.1 Å². The van der Waals surface area contributed by atoms with Gasteiger partial charge in [0.25, 0.3) is 5.91 Å². The molecule has 2 bridgehead atoms. The summed E-state index contributed by atoms with van der Waals surface area (Å²) in [7, 11) is 0. The average Bonchev–Trinajstić information content (AvgIpc) is 3.25. The molecule has 0 saturated heterocycles. The molecule has 4 fully saturated rings. The van der Waals surface area contributed by atoms with Gasteiger partial charge in [0.2, 0.25) is 0 Å². The number of halogens is 5. The summed E-state index contributed by atoms with van der Waals surface area (Å²) in [4.78, 5) is 43.5. The Kier molecular flexibility index (Phi) is 6.98. The number of nitrogens with zero attached hydrogens (tertiary/aromatic N) is 4. The maximum absolute atomic E-state index is 14.4. The van der Waals surface area contributed by atoms with Crippen molar-refractivity contribution in [2.45, 2.75) is 64.1 Å². The zero-order valence-electron chi connectivity index (χ0n) is 21.1. The number of carbonyl (C=O) groups excluding carboxylic acids is 2. The molecule has 2 aromatic heterocycles. The number of ketones is 1. The zero-order chi connectivity index (χ0) is 28.3. The fourth-order valence-electron chi connectivity index (χ4n) is 6.33. The molecule has 0 aromatic carbocycles. The Morgan fingerprint density at radius 1 is 1.10 bits per heavy atom. The maximum Gasteiger partial charge on any atom is 0.433 e. The molecular weight excluding hydrogens is 560 g/mol. The number of pyridine rings is 1. The molecule has 2 heterocycles. The van der Waals surface area contributed by atoms with Crippen LogP contribution in [-0.2, 0) is 11.0 Å². The van der Waals surface area contributed by atoms with Crippen LogP contribution in [0.2, 0.25) is 10.0 Å². The SMILES string of the molecule is C[C@]1(C(=O)O)CC[C@H](n2ncc(C(=O)N(CC(=O)c3c(Cl)cncc3Cl)CC34CC(C3)C4)c2C(F)(F)F)CC1. The number of hydrogen-bond donors (Lipinski definition) is 1. The lowest BCUT2D eigenvalue weighted by Crippen LogP contribution is -2.59. The van der Waals surface area contributed by atoms with Gasteiger partial charge < -0.3 is 10.0 Å². The average molecular weight is 587 g/mol. The highest BCUT2D eigenvalue weighted by atomic mass is 35.5. The molecule has 0 radical (unpaired) electrons. The summed E-state index contributed by atoms with van der Waals surface area (Å²) < 4.78 is 44.1. The number of aromatic nitrogens is 3. The molecular formula is C26H27Cl2F3N4O4. The van der Waals surface area contributed by atoms with Gasteiger partial charge in [-0.15, -0.1) is 0 Å². The minimum Gasteiger partial charge on any atom is -0.481 e. The highest BCUT2D eigenvalue weighted by Crippen LogP contribution is 2.64. The first-order chi connectivity index (χ1) is 18.2. The van der Waals surface area contributed by atoms with Crippen molar-refractivity contribution < 1.29 is 32.7 Å². The van der Waals surface area contributed by atoms with Gasteiger partial charge in [-0.25, -0.2) is 0 Å². The number of Topliss-reactive ketones (excluding diaryl/α,β-unsaturated/α-hetero) is 1. The number of aliphatic carboxylic acids is 1. The Balaban J connectivity index is 1.45. The fraction of sp³-hybridized carbons (Fsp3) is 0.577. The van der Waals surface area contributed by atoms with E-state index in [0.717, 1.165) is 35.0 Å². The van der Waals surface area contributed by atoms with Crippen LogP contribution in [0, 0.1) is 16.7 Å². The molecule has 4 aliphatic carbocycles. The molecule has 6 rings (SSSR count). The standard InChI is InChI=1S/C26H27Cl2F3N4O4/c1-24(23(38)39)4-2-15(3-5-24)35-21(26(29,30)31)16(9-33-35)22(37)34(13-25-6-14(7-25)8-25)12-19(36)20-17(27)10-32-11-18(20)28/h9-11,14-15H,2-8,12-13H2,1H3,(H,38,39)/t14?,15-,24-,25?. The van der Waals surface area contributed by atoms with E-state index in [1.165, 1.54) is 12.4 Å². The molecule has 0 unspecified atom stereocenters. The van der Waals surface area contributed by atoms with Crippen molar-refractivity contribution in [1.29, 1.82) is 0 Å². The summed E-state index contributed by atoms with van der Waals surface area (Å²) in [6.07, 6.45) is 1.77. The van der Waals surface area contributed by atoms with E-state index < -0.39 is 53.1 Å². The molecule has 13 heteroatoms. The number of alkyl halides is 3. The molecule has 0 aliphatic heterocycles. The van der Waals surface area contributed by atoms with Crippen molar-refractivity contribution in [3.8, 4) is 0 Å². The van der Waals surface area contributed by atoms with Gasteiger partial charge >= 0.3 is 12.1 Å². The van der Waals surface area contributed by atoms with Crippen LogP contribution in [0.3, 0.4) is 0 Å². The number of hydrogen-bond acceptors (Lipinski definition) is 5. The molecule has 8 nitrogen and oxygen atoms in total. The predicted molar refractivity (Wildman–Crippen MR) is 135 cm³/mol. The molecule has 0 spiro atoms.